The van der Waals surface area contributed by atoms with E-state index in [4.69, 9.17) is 10.5 Å². The van der Waals surface area contributed by atoms with Crippen LogP contribution in [0.5, 0.6) is 0 Å². The summed E-state index contributed by atoms with van der Waals surface area (Å²) in [6, 6.07) is 7.33. The first-order valence-corrected chi connectivity index (χ1v) is 7.53. The van der Waals surface area contributed by atoms with E-state index in [9.17, 15) is 15.2 Å². The number of hydrogen-bond acceptors (Lipinski definition) is 6. The Morgan fingerprint density at radius 2 is 2.20 bits per heavy atom. The van der Waals surface area contributed by atoms with Crippen molar-refractivity contribution in [3.05, 3.63) is 41.5 Å². The first-order chi connectivity index (χ1) is 11.9. The first-order valence-electron chi connectivity index (χ1n) is 7.53. The second-order valence-electron chi connectivity index (χ2n) is 5.66. The van der Waals surface area contributed by atoms with Gasteiger partial charge in [-0.1, -0.05) is 0 Å². The van der Waals surface area contributed by atoms with Crippen LogP contribution in [-0.2, 0) is 11.8 Å². The van der Waals surface area contributed by atoms with Crippen LogP contribution < -0.4 is 5.73 Å². The number of aromatic nitrogens is 3. The highest BCUT2D eigenvalue weighted by atomic mass is 16.5. The van der Waals surface area contributed by atoms with Gasteiger partial charge in [0.05, 0.1) is 29.4 Å². The molecule has 0 radical (unpaired) electrons. The molecule has 0 aliphatic carbocycles. The maximum absolute atomic E-state index is 12.1. The molecule has 3 N–H and O–H groups in total. The molecule has 0 fully saturated rings. The van der Waals surface area contributed by atoms with Gasteiger partial charge in [0.25, 0.3) is 0 Å². The van der Waals surface area contributed by atoms with Gasteiger partial charge in [-0.05, 0) is 25.1 Å². The van der Waals surface area contributed by atoms with Crippen LogP contribution in [-0.4, -0.2) is 32.3 Å². The molecule has 128 valence electrons. The fraction of sp³-hybridized carbons (Fsp3) is 0.235. The predicted octanol–water partition coefficient (Wildman–Crippen LogP) is 1.66. The van der Waals surface area contributed by atoms with Crippen LogP contribution in [0.25, 0.3) is 16.7 Å². The van der Waals surface area contributed by atoms with Gasteiger partial charge in [-0.2, -0.15) is 5.26 Å². The molecule has 0 saturated heterocycles. The summed E-state index contributed by atoms with van der Waals surface area (Å²) in [6.45, 7) is 1.64. The van der Waals surface area contributed by atoms with Gasteiger partial charge in [-0.25, -0.2) is 9.78 Å². The van der Waals surface area contributed by atoms with Gasteiger partial charge < -0.3 is 24.7 Å². The van der Waals surface area contributed by atoms with Crippen molar-refractivity contribution in [3.63, 3.8) is 0 Å². The number of nitriles is 1. The molecule has 8 nitrogen and oxygen atoms in total. The topological polar surface area (TPSA) is 119 Å². The number of carbonyl (C=O) groups excluding carboxylic acids is 1. The minimum atomic E-state index is -0.709. The van der Waals surface area contributed by atoms with Gasteiger partial charge in [-0.3, -0.25) is 0 Å². The molecule has 1 aromatic carbocycles. The van der Waals surface area contributed by atoms with Crippen molar-refractivity contribution in [2.24, 2.45) is 7.05 Å². The van der Waals surface area contributed by atoms with E-state index in [1.165, 1.54) is 17.9 Å². The van der Waals surface area contributed by atoms with Gasteiger partial charge in [0.15, 0.2) is 5.69 Å². The Kier molecular flexibility index (Phi) is 3.94. The van der Waals surface area contributed by atoms with Crippen LogP contribution in [0.1, 0.15) is 34.9 Å². The molecule has 0 saturated carbocycles. The van der Waals surface area contributed by atoms with Crippen molar-refractivity contribution in [3.8, 4) is 11.8 Å². The molecule has 0 amide bonds. The van der Waals surface area contributed by atoms with Crippen LogP contribution in [0.2, 0.25) is 0 Å². The number of nitrogens with zero attached hydrogens (tertiary/aromatic N) is 4. The quantitative estimate of drug-likeness (QED) is 0.700. The van der Waals surface area contributed by atoms with Gasteiger partial charge in [-0.15, -0.1) is 0 Å². The normalized spacial score (nSPS) is 12.1. The lowest BCUT2D eigenvalue weighted by Crippen LogP contribution is -2.11. The minimum Gasteiger partial charge on any atom is -0.464 e. The summed E-state index contributed by atoms with van der Waals surface area (Å²) >= 11 is 0. The number of anilines is 1. The summed E-state index contributed by atoms with van der Waals surface area (Å²) < 4.78 is 8.09. The number of methoxy groups -OCH3 is 1. The standard InChI is InChI=1S/C17H17N5O3/c1-9(23)16-20-12-6-11(4-5-13(12)21(16)2)22-8-10(7-18)14(19)15(22)17(24)25-3/h4-6,8-9,23H,19H2,1-3H3. The van der Waals surface area contributed by atoms with Crippen LogP contribution in [0, 0.1) is 11.3 Å². The fourth-order valence-corrected chi connectivity index (χ4v) is 2.85. The Morgan fingerprint density at radius 3 is 2.80 bits per heavy atom. The van der Waals surface area contributed by atoms with E-state index in [-0.39, 0.29) is 16.9 Å². The van der Waals surface area contributed by atoms with Crippen molar-refractivity contribution >= 4 is 22.7 Å². The molecule has 8 heteroatoms. The molecule has 2 heterocycles. The predicted molar refractivity (Wildman–Crippen MR) is 91.1 cm³/mol. The fourth-order valence-electron chi connectivity index (χ4n) is 2.85. The van der Waals surface area contributed by atoms with E-state index in [1.54, 1.807) is 23.6 Å². The number of benzene rings is 1. The number of rotatable bonds is 3. The van der Waals surface area contributed by atoms with E-state index < -0.39 is 12.1 Å². The number of imidazole rings is 1. The van der Waals surface area contributed by atoms with E-state index in [2.05, 4.69) is 4.98 Å². The molecular weight excluding hydrogens is 322 g/mol. The zero-order valence-corrected chi connectivity index (χ0v) is 14.0. The third-order valence-corrected chi connectivity index (χ3v) is 4.09. The van der Waals surface area contributed by atoms with Crippen molar-refractivity contribution in [2.45, 2.75) is 13.0 Å². The van der Waals surface area contributed by atoms with Gasteiger partial charge >= 0.3 is 5.97 Å². The lowest BCUT2D eigenvalue weighted by molar-refractivity contribution is 0.0593. The number of esters is 1. The summed E-state index contributed by atoms with van der Waals surface area (Å²) in [5.41, 5.74) is 8.35. The lowest BCUT2D eigenvalue weighted by atomic mass is 10.2. The Hall–Kier alpha value is -3.31. The van der Waals surface area contributed by atoms with Crippen molar-refractivity contribution in [1.29, 1.82) is 5.26 Å². The number of aliphatic hydroxyl groups is 1. The van der Waals surface area contributed by atoms with Crippen molar-refractivity contribution < 1.29 is 14.6 Å². The highest BCUT2D eigenvalue weighted by molar-refractivity contribution is 5.96. The summed E-state index contributed by atoms with van der Waals surface area (Å²) in [5.74, 6) is -0.102. The second kappa shape index (κ2) is 5.96. The average molecular weight is 339 g/mol. The number of aryl methyl sites for hydroxylation is 1. The van der Waals surface area contributed by atoms with E-state index in [1.807, 2.05) is 19.2 Å². The van der Waals surface area contributed by atoms with Crippen LogP contribution in [0.15, 0.2) is 24.4 Å². The largest absolute Gasteiger partial charge is 0.464 e. The average Bonchev–Trinajstić information content (AvgIpc) is 3.11. The molecule has 3 rings (SSSR count). The van der Waals surface area contributed by atoms with Gasteiger partial charge in [0.2, 0.25) is 0 Å². The molecule has 0 aliphatic heterocycles. The zero-order chi connectivity index (χ0) is 18.3. The smallest absolute Gasteiger partial charge is 0.357 e. The van der Waals surface area contributed by atoms with E-state index in [0.717, 1.165) is 5.52 Å². The maximum atomic E-state index is 12.1. The SMILES string of the molecule is COC(=O)c1c(N)c(C#N)cn1-c1ccc2c(c1)nc(C(C)O)n2C. The molecule has 1 unspecified atom stereocenters. The Morgan fingerprint density at radius 1 is 1.48 bits per heavy atom. The number of nitrogen functional groups attached to an aromatic ring is 1. The van der Waals surface area contributed by atoms with Gasteiger partial charge in [0, 0.05) is 18.9 Å². The Labute approximate surface area is 143 Å². The summed E-state index contributed by atoms with van der Waals surface area (Å²) in [4.78, 5) is 16.5. The zero-order valence-electron chi connectivity index (χ0n) is 14.0. The highest BCUT2D eigenvalue weighted by Gasteiger charge is 2.22. The number of carbonyl (C=O) groups is 1. The number of nitrogens with two attached hydrogens (primary N) is 1. The molecule has 3 aromatic rings. The summed E-state index contributed by atoms with van der Waals surface area (Å²) in [5, 5.41) is 19.0. The van der Waals surface area contributed by atoms with E-state index >= 15 is 0 Å². The highest BCUT2D eigenvalue weighted by Crippen LogP contribution is 2.27. The summed E-state index contributed by atoms with van der Waals surface area (Å²) in [6.07, 6.45) is 0.778. The lowest BCUT2D eigenvalue weighted by Gasteiger charge is -2.08. The summed E-state index contributed by atoms with van der Waals surface area (Å²) in [7, 11) is 3.07. The van der Waals surface area contributed by atoms with Crippen molar-refractivity contribution in [1.82, 2.24) is 14.1 Å². The molecule has 0 aliphatic rings. The number of ether oxygens (including phenoxy) is 1. The van der Waals surface area contributed by atoms with E-state index in [0.29, 0.717) is 17.0 Å². The van der Waals surface area contributed by atoms with Crippen LogP contribution in [0.4, 0.5) is 5.69 Å². The Balaban J connectivity index is 2.23. The number of fused-ring (bicyclic) bond motifs is 1. The monoisotopic (exact) mass is 339 g/mol. The van der Waals surface area contributed by atoms with Crippen molar-refractivity contribution in [2.75, 3.05) is 12.8 Å². The van der Waals surface area contributed by atoms with Crippen LogP contribution >= 0.6 is 0 Å². The van der Waals surface area contributed by atoms with Crippen LogP contribution in [0.3, 0.4) is 0 Å². The molecular formula is C17H17N5O3. The molecule has 1 atom stereocenters. The van der Waals surface area contributed by atoms with Gasteiger partial charge in [0.1, 0.15) is 18.0 Å². The first kappa shape index (κ1) is 16.5. The second-order valence-corrected chi connectivity index (χ2v) is 5.66. The molecule has 0 bridgehead atoms. The third kappa shape index (κ3) is 2.51. The molecule has 25 heavy (non-hydrogen) atoms. The third-order valence-electron chi connectivity index (χ3n) is 4.09. The molecule has 2 aromatic heterocycles. The minimum absolute atomic E-state index is 0.0696. The molecule has 0 spiro atoms. The maximum Gasteiger partial charge on any atom is 0.357 e. The number of hydrogen-bond donors (Lipinski definition) is 2. The Bertz CT molecular complexity index is 1020. The number of aliphatic hydroxyl groups excluding tert-OH is 1.